The minimum absolute atomic E-state index is 0.00151. The van der Waals surface area contributed by atoms with Crippen LogP contribution in [-0.2, 0) is 26.2 Å². The highest BCUT2D eigenvalue weighted by Crippen LogP contribution is 2.25. The standard InChI is InChI=1S/C24H29Cl2N3O5S/c1-5-11-27-24(32)16(2)28(14-18-9-10-21(25)22(26)12-18)23(31)15-29(35(4,33)34)20-8-6-7-19(13-20)17(3)30/h6-10,12-13,16H,5,11,14-15H2,1-4H3,(H,27,32)/t16-/m1/s1. The molecule has 0 radical (unpaired) electrons. The van der Waals surface area contributed by atoms with Crippen LogP contribution in [0.3, 0.4) is 0 Å². The largest absolute Gasteiger partial charge is 0.354 e. The molecule has 0 aliphatic heterocycles. The Bertz CT molecular complexity index is 1200. The van der Waals surface area contributed by atoms with E-state index in [1.54, 1.807) is 37.3 Å². The molecule has 0 aromatic heterocycles. The molecule has 0 heterocycles. The Morgan fingerprint density at radius 2 is 1.74 bits per heavy atom. The fraction of sp³-hybridized carbons (Fsp3) is 0.375. The second kappa shape index (κ2) is 12.4. The number of amides is 2. The molecule has 0 spiro atoms. The third-order valence-corrected chi connectivity index (χ3v) is 7.15. The molecule has 0 aliphatic carbocycles. The van der Waals surface area contributed by atoms with E-state index in [0.717, 1.165) is 10.6 Å². The van der Waals surface area contributed by atoms with Gasteiger partial charge in [0.1, 0.15) is 12.6 Å². The smallest absolute Gasteiger partial charge is 0.244 e. The van der Waals surface area contributed by atoms with E-state index in [2.05, 4.69) is 5.32 Å². The monoisotopic (exact) mass is 541 g/mol. The normalized spacial score (nSPS) is 12.1. The molecule has 0 bridgehead atoms. The maximum absolute atomic E-state index is 13.5. The van der Waals surface area contributed by atoms with Crippen molar-refractivity contribution in [1.29, 1.82) is 0 Å². The number of anilines is 1. The number of carbonyl (C=O) groups excluding carboxylic acids is 3. The van der Waals surface area contributed by atoms with Gasteiger partial charge in [0, 0.05) is 18.7 Å². The van der Waals surface area contributed by atoms with Crippen molar-refractivity contribution in [2.24, 2.45) is 0 Å². The van der Waals surface area contributed by atoms with Gasteiger partial charge in [0.15, 0.2) is 5.78 Å². The molecule has 0 saturated carbocycles. The Labute approximate surface area is 216 Å². The Morgan fingerprint density at radius 1 is 1.06 bits per heavy atom. The number of nitrogens with zero attached hydrogens (tertiary/aromatic N) is 2. The zero-order valence-electron chi connectivity index (χ0n) is 20.0. The van der Waals surface area contributed by atoms with Crippen LogP contribution in [0.1, 0.15) is 43.1 Å². The predicted molar refractivity (Wildman–Crippen MR) is 138 cm³/mol. The zero-order valence-corrected chi connectivity index (χ0v) is 22.4. The Kier molecular flexibility index (Phi) is 10.1. The Hall–Kier alpha value is -2.62. The number of hydrogen-bond donors (Lipinski definition) is 1. The molecule has 1 N–H and O–H groups in total. The molecule has 0 saturated heterocycles. The molecular weight excluding hydrogens is 513 g/mol. The van der Waals surface area contributed by atoms with Gasteiger partial charge in [-0.2, -0.15) is 0 Å². The first-order valence-electron chi connectivity index (χ1n) is 10.9. The highest BCUT2D eigenvalue weighted by molar-refractivity contribution is 7.92. The number of rotatable bonds is 11. The summed E-state index contributed by atoms with van der Waals surface area (Å²) in [6.07, 6.45) is 1.69. The van der Waals surface area contributed by atoms with Crippen molar-refractivity contribution in [3.63, 3.8) is 0 Å². The number of ketones is 1. The van der Waals surface area contributed by atoms with E-state index in [1.165, 1.54) is 24.0 Å². The van der Waals surface area contributed by atoms with E-state index in [0.29, 0.717) is 34.1 Å². The van der Waals surface area contributed by atoms with Gasteiger partial charge < -0.3 is 10.2 Å². The fourth-order valence-electron chi connectivity index (χ4n) is 3.31. The van der Waals surface area contributed by atoms with Crippen molar-refractivity contribution in [2.45, 2.75) is 39.8 Å². The molecule has 190 valence electrons. The first-order valence-corrected chi connectivity index (χ1v) is 13.5. The highest BCUT2D eigenvalue weighted by Gasteiger charge is 2.30. The van der Waals surface area contributed by atoms with E-state index in [-0.39, 0.29) is 23.9 Å². The molecule has 8 nitrogen and oxygen atoms in total. The van der Waals surface area contributed by atoms with Gasteiger partial charge in [-0.05, 0) is 50.1 Å². The molecule has 35 heavy (non-hydrogen) atoms. The van der Waals surface area contributed by atoms with Crippen molar-refractivity contribution in [2.75, 3.05) is 23.7 Å². The van der Waals surface area contributed by atoms with Gasteiger partial charge in [-0.15, -0.1) is 0 Å². The maximum atomic E-state index is 13.5. The zero-order chi connectivity index (χ0) is 26.3. The number of benzene rings is 2. The maximum Gasteiger partial charge on any atom is 0.244 e. The van der Waals surface area contributed by atoms with E-state index in [1.807, 2.05) is 6.92 Å². The quantitative estimate of drug-likeness (QED) is 0.434. The molecule has 0 fully saturated rings. The minimum Gasteiger partial charge on any atom is -0.354 e. The molecule has 2 aromatic rings. The van der Waals surface area contributed by atoms with Gasteiger partial charge >= 0.3 is 0 Å². The van der Waals surface area contributed by atoms with Crippen molar-refractivity contribution < 1.29 is 22.8 Å². The van der Waals surface area contributed by atoms with Crippen LogP contribution in [0.25, 0.3) is 0 Å². The van der Waals surface area contributed by atoms with E-state index >= 15 is 0 Å². The highest BCUT2D eigenvalue weighted by atomic mass is 35.5. The summed E-state index contributed by atoms with van der Waals surface area (Å²) in [6, 6.07) is 9.97. The molecule has 11 heteroatoms. The van der Waals surface area contributed by atoms with Crippen LogP contribution in [-0.4, -0.2) is 56.3 Å². The molecule has 2 aromatic carbocycles. The number of halogens is 2. The van der Waals surface area contributed by atoms with Crippen molar-refractivity contribution in [1.82, 2.24) is 10.2 Å². The molecular formula is C24H29Cl2N3O5S. The third-order valence-electron chi connectivity index (χ3n) is 5.27. The van der Waals surface area contributed by atoms with Crippen LogP contribution in [0.5, 0.6) is 0 Å². The Balaban J connectivity index is 2.43. The Morgan fingerprint density at radius 3 is 2.31 bits per heavy atom. The van der Waals surface area contributed by atoms with Crippen molar-refractivity contribution >= 4 is 56.5 Å². The van der Waals surface area contributed by atoms with Crippen LogP contribution in [0.15, 0.2) is 42.5 Å². The summed E-state index contributed by atoms with van der Waals surface area (Å²) in [6.45, 7) is 4.72. The lowest BCUT2D eigenvalue weighted by Crippen LogP contribution is -2.51. The first kappa shape index (κ1) is 28.6. The minimum atomic E-state index is -3.90. The van der Waals surface area contributed by atoms with E-state index in [4.69, 9.17) is 23.2 Å². The molecule has 0 unspecified atom stereocenters. The van der Waals surface area contributed by atoms with Gasteiger partial charge in [-0.1, -0.05) is 48.3 Å². The predicted octanol–water partition coefficient (Wildman–Crippen LogP) is 3.91. The van der Waals surface area contributed by atoms with Gasteiger partial charge in [0.2, 0.25) is 21.8 Å². The van der Waals surface area contributed by atoms with Gasteiger partial charge in [0.05, 0.1) is 22.0 Å². The summed E-state index contributed by atoms with van der Waals surface area (Å²) < 4.78 is 26.1. The average molecular weight is 542 g/mol. The van der Waals surface area contributed by atoms with Gasteiger partial charge in [-0.3, -0.25) is 18.7 Å². The summed E-state index contributed by atoms with van der Waals surface area (Å²) in [5, 5.41) is 3.39. The lowest BCUT2D eigenvalue weighted by molar-refractivity contribution is -0.139. The first-order chi connectivity index (χ1) is 16.3. The van der Waals surface area contributed by atoms with Gasteiger partial charge in [-0.25, -0.2) is 8.42 Å². The summed E-state index contributed by atoms with van der Waals surface area (Å²) in [5.74, 6) is -1.22. The third kappa shape index (κ3) is 7.95. The van der Waals surface area contributed by atoms with Crippen LogP contribution < -0.4 is 9.62 Å². The number of carbonyl (C=O) groups is 3. The second-order valence-electron chi connectivity index (χ2n) is 8.11. The molecule has 2 amide bonds. The van der Waals surface area contributed by atoms with E-state index < -0.39 is 28.5 Å². The van der Waals surface area contributed by atoms with Crippen LogP contribution in [0, 0.1) is 0 Å². The lowest BCUT2D eigenvalue weighted by atomic mass is 10.1. The molecule has 0 aliphatic rings. The molecule has 2 rings (SSSR count). The average Bonchev–Trinajstić information content (AvgIpc) is 2.80. The summed E-state index contributed by atoms with van der Waals surface area (Å²) in [5.41, 5.74) is 1.10. The number of Topliss-reactive ketones (excluding diaryl/α,β-unsaturated/α-hetero) is 1. The topological polar surface area (TPSA) is 104 Å². The second-order valence-corrected chi connectivity index (χ2v) is 10.8. The number of sulfonamides is 1. The fourth-order valence-corrected chi connectivity index (χ4v) is 4.47. The number of nitrogens with one attached hydrogen (secondary N) is 1. The molecule has 1 atom stereocenters. The summed E-state index contributed by atoms with van der Waals surface area (Å²) in [7, 11) is -3.90. The van der Waals surface area contributed by atoms with Crippen molar-refractivity contribution in [3.8, 4) is 0 Å². The SMILES string of the molecule is CCCNC(=O)[C@@H](C)N(Cc1ccc(Cl)c(Cl)c1)C(=O)CN(c1cccc(C(C)=O)c1)S(C)(=O)=O. The lowest BCUT2D eigenvalue weighted by Gasteiger charge is -2.31. The van der Waals surface area contributed by atoms with Crippen LogP contribution >= 0.6 is 23.2 Å². The summed E-state index contributed by atoms with van der Waals surface area (Å²) in [4.78, 5) is 39.3. The van der Waals surface area contributed by atoms with Crippen LogP contribution in [0.4, 0.5) is 5.69 Å². The van der Waals surface area contributed by atoms with Gasteiger partial charge in [0.25, 0.3) is 0 Å². The van der Waals surface area contributed by atoms with E-state index in [9.17, 15) is 22.8 Å². The number of hydrogen-bond acceptors (Lipinski definition) is 5. The van der Waals surface area contributed by atoms with Crippen LogP contribution in [0.2, 0.25) is 10.0 Å². The van der Waals surface area contributed by atoms with Crippen molar-refractivity contribution in [3.05, 3.63) is 63.6 Å². The summed E-state index contributed by atoms with van der Waals surface area (Å²) >= 11 is 12.1.